The normalized spacial score (nSPS) is 22.7. The first kappa shape index (κ1) is 19.9. The zero-order valence-electron chi connectivity index (χ0n) is 17.2. The Morgan fingerprint density at radius 1 is 1.10 bits per heavy atom. The largest absolute Gasteiger partial charge is 0.364 e. The molecule has 0 bridgehead atoms. The molecule has 0 saturated carbocycles. The van der Waals surface area contributed by atoms with E-state index in [9.17, 15) is 18.8 Å². The Morgan fingerprint density at radius 3 is 2.61 bits per heavy atom. The highest BCUT2D eigenvalue weighted by Gasteiger charge is 2.40. The van der Waals surface area contributed by atoms with Crippen LogP contribution in [0.3, 0.4) is 0 Å². The lowest BCUT2D eigenvalue weighted by atomic mass is 9.87. The Balaban J connectivity index is 1.29. The van der Waals surface area contributed by atoms with E-state index < -0.39 is 11.9 Å². The maximum atomic E-state index is 15.0. The Bertz CT molecular complexity index is 1030. The molecule has 0 radical (unpaired) electrons. The average molecular weight is 424 g/mol. The molecule has 1 atom stereocenters. The summed E-state index contributed by atoms with van der Waals surface area (Å²) in [5.74, 6) is -1.34. The number of piperidine rings is 2. The monoisotopic (exact) mass is 424 g/mol. The van der Waals surface area contributed by atoms with E-state index in [-0.39, 0.29) is 36.5 Å². The molecule has 1 aromatic carbocycles. The molecule has 4 heterocycles. The standard InChI is InChI=1S/C23H25FN4O3/c24-19-11-18-15(12-28(23(18)31)20-3-4-21(29)26-22(20)30)10-17(19)14-5-8-27(9-6-14)13-16-2-1-7-25-16/h1-2,7,10-11,14,20,25H,3-6,8-9,12-13H2,(H,26,29,30). The Labute approximate surface area is 179 Å². The second-order valence-corrected chi connectivity index (χ2v) is 8.68. The number of carbonyl (C=O) groups is 3. The molecule has 2 saturated heterocycles. The number of nitrogens with zero attached hydrogens (tertiary/aromatic N) is 2. The van der Waals surface area contributed by atoms with Gasteiger partial charge in [0.25, 0.3) is 5.91 Å². The molecule has 0 aliphatic carbocycles. The van der Waals surface area contributed by atoms with Gasteiger partial charge in [0, 0.05) is 37.0 Å². The Hall–Kier alpha value is -3.00. The summed E-state index contributed by atoms with van der Waals surface area (Å²) in [4.78, 5) is 43.5. The van der Waals surface area contributed by atoms with Crippen molar-refractivity contribution in [3.63, 3.8) is 0 Å². The molecule has 162 valence electrons. The molecule has 7 nitrogen and oxygen atoms in total. The van der Waals surface area contributed by atoms with Crippen LogP contribution in [0.5, 0.6) is 0 Å². The zero-order chi connectivity index (χ0) is 21.5. The third kappa shape index (κ3) is 3.76. The summed E-state index contributed by atoms with van der Waals surface area (Å²) >= 11 is 0. The quantitative estimate of drug-likeness (QED) is 0.738. The smallest absolute Gasteiger partial charge is 0.255 e. The molecule has 2 N–H and O–H groups in total. The average Bonchev–Trinajstić information content (AvgIpc) is 3.37. The minimum Gasteiger partial charge on any atom is -0.364 e. The number of carbonyl (C=O) groups excluding carboxylic acids is 3. The molecule has 3 aliphatic heterocycles. The lowest BCUT2D eigenvalue weighted by Gasteiger charge is -2.32. The maximum Gasteiger partial charge on any atom is 0.255 e. The first-order chi connectivity index (χ1) is 15.0. The van der Waals surface area contributed by atoms with Crippen molar-refractivity contribution in [2.75, 3.05) is 13.1 Å². The van der Waals surface area contributed by atoms with Gasteiger partial charge in [-0.3, -0.25) is 24.6 Å². The minimum absolute atomic E-state index is 0.116. The van der Waals surface area contributed by atoms with Crippen molar-refractivity contribution >= 4 is 17.7 Å². The van der Waals surface area contributed by atoms with Gasteiger partial charge in [-0.1, -0.05) is 6.07 Å². The highest BCUT2D eigenvalue weighted by Crippen LogP contribution is 2.35. The molecule has 31 heavy (non-hydrogen) atoms. The zero-order valence-corrected chi connectivity index (χ0v) is 17.2. The minimum atomic E-state index is -0.680. The lowest BCUT2D eigenvalue weighted by molar-refractivity contribution is -0.136. The number of aromatic amines is 1. The number of nitrogens with one attached hydrogen (secondary N) is 2. The number of imide groups is 1. The van der Waals surface area contributed by atoms with Gasteiger partial charge in [0.15, 0.2) is 0 Å². The van der Waals surface area contributed by atoms with E-state index in [0.717, 1.165) is 38.0 Å². The molecule has 0 spiro atoms. The third-order valence-corrected chi connectivity index (χ3v) is 6.72. The lowest BCUT2D eigenvalue weighted by Crippen LogP contribution is -2.52. The molecule has 5 rings (SSSR count). The summed E-state index contributed by atoms with van der Waals surface area (Å²) in [5.41, 5.74) is 2.93. The predicted molar refractivity (Wildman–Crippen MR) is 110 cm³/mol. The molecule has 1 unspecified atom stereocenters. The fourth-order valence-corrected chi connectivity index (χ4v) is 5.03. The molecule has 3 aliphatic rings. The summed E-state index contributed by atoms with van der Waals surface area (Å²) in [6, 6.07) is 6.53. The molecular formula is C23H25FN4O3. The fraction of sp³-hybridized carbons (Fsp3) is 0.435. The van der Waals surface area contributed by atoms with E-state index in [1.807, 2.05) is 18.3 Å². The second kappa shape index (κ2) is 7.92. The highest BCUT2D eigenvalue weighted by atomic mass is 19.1. The maximum absolute atomic E-state index is 15.0. The van der Waals surface area contributed by atoms with Gasteiger partial charge in [0.1, 0.15) is 11.9 Å². The van der Waals surface area contributed by atoms with Gasteiger partial charge in [-0.25, -0.2) is 4.39 Å². The highest BCUT2D eigenvalue weighted by molar-refractivity contribution is 6.05. The summed E-state index contributed by atoms with van der Waals surface area (Å²) in [6.07, 6.45) is 4.15. The van der Waals surface area contributed by atoms with Gasteiger partial charge in [-0.05, 0) is 67.6 Å². The summed E-state index contributed by atoms with van der Waals surface area (Å²) in [7, 11) is 0. The van der Waals surface area contributed by atoms with Crippen LogP contribution < -0.4 is 5.32 Å². The van der Waals surface area contributed by atoms with Crippen LogP contribution in [0.25, 0.3) is 0 Å². The van der Waals surface area contributed by atoms with E-state index in [1.165, 1.54) is 16.7 Å². The topological polar surface area (TPSA) is 85.5 Å². The van der Waals surface area contributed by atoms with Gasteiger partial charge in [0.05, 0.1) is 0 Å². The van der Waals surface area contributed by atoms with Crippen LogP contribution in [0.1, 0.15) is 58.8 Å². The number of likely N-dealkylation sites (tertiary alicyclic amines) is 1. The van der Waals surface area contributed by atoms with Crippen LogP contribution in [0.15, 0.2) is 30.5 Å². The van der Waals surface area contributed by atoms with Crippen LogP contribution in [-0.4, -0.2) is 51.6 Å². The predicted octanol–water partition coefficient (Wildman–Crippen LogP) is 2.29. The van der Waals surface area contributed by atoms with Crippen molar-refractivity contribution in [3.05, 3.63) is 58.7 Å². The Morgan fingerprint density at radius 2 is 1.90 bits per heavy atom. The number of amides is 3. The van der Waals surface area contributed by atoms with Crippen molar-refractivity contribution < 1.29 is 18.8 Å². The molecule has 3 amide bonds. The number of aromatic nitrogens is 1. The molecule has 8 heteroatoms. The summed E-state index contributed by atoms with van der Waals surface area (Å²) in [6.45, 7) is 2.92. The van der Waals surface area contributed by atoms with Gasteiger partial charge in [-0.15, -0.1) is 0 Å². The Kier molecular flexibility index (Phi) is 5.09. The number of hydrogen-bond donors (Lipinski definition) is 2. The first-order valence-electron chi connectivity index (χ1n) is 10.8. The summed E-state index contributed by atoms with van der Waals surface area (Å²) < 4.78 is 15.0. The number of hydrogen-bond acceptors (Lipinski definition) is 4. The molecule has 1 aromatic heterocycles. The molecule has 2 aromatic rings. The van der Waals surface area contributed by atoms with E-state index in [2.05, 4.69) is 21.3 Å². The number of rotatable bonds is 4. The van der Waals surface area contributed by atoms with E-state index in [0.29, 0.717) is 17.5 Å². The van der Waals surface area contributed by atoms with Crippen molar-refractivity contribution in [3.8, 4) is 0 Å². The number of benzene rings is 1. The van der Waals surface area contributed by atoms with Crippen LogP contribution in [0.4, 0.5) is 4.39 Å². The van der Waals surface area contributed by atoms with E-state index in [4.69, 9.17) is 0 Å². The number of H-pyrrole nitrogens is 1. The van der Waals surface area contributed by atoms with Gasteiger partial charge < -0.3 is 9.88 Å². The van der Waals surface area contributed by atoms with Gasteiger partial charge >= 0.3 is 0 Å². The fourth-order valence-electron chi connectivity index (χ4n) is 5.03. The third-order valence-electron chi connectivity index (χ3n) is 6.72. The van der Waals surface area contributed by atoms with Gasteiger partial charge in [-0.2, -0.15) is 0 Å². The molecular weight excluding hydrogens is 399 g/mol. The van der Waals surface area contributed by atoms with Gasteiger partial charge in [0.2, 0.25) is 11.8 Å². The first-order valence-corrected chi connectivity index (χ1v) is 10.8. The number of fused-ring (bicyclic) bond motifs is 1. The van der Waals surface area contributed by atoms with Crippen LogP contribution >= 0.6 is 0 Å². The second-order valence-electron chi connectivity index (χ2n) is 8.68. The molecule has 2 fully saturated rings. The summed E-state index contributed by atoms with van der Waals surface area (Å²) in [5, 5.41) is 2.30. The van der Waals surface area contributed by atoms with Crippen LogP contribution in [-0.2, 0) is 22.7 Å². The van der Waals surface area contributed by atoms with Crippen molar-refractivity contribution in [2.24, 2.45) is 0 Å². The van der Waals surface area contributed by atoms with Crippen molar-refractivity contribution in [1.82, 2.24) is 20.1 Å². The van der Waals surface area contributed by atoms with Crippen LogP contribution in [0.2, 0.25) is 0 Å². The number of halogens is 1. The SMILES string of the molecule is O=C1CCC(N2Cc3cc(C4CCN(Cc5ccc[nH]5)CC4)c(F)cc3C2=O)C(=O)N1. The van der Waals surface area contributed by atoms with Crippen LogP contribution in [0, 0.1) is 5.82 Å². The van der Waals surface area contributed by atoms with Crippen molar-refractivity contribution in [2.45, 2.75) is 50.7 Å². The van der Waals surface area contributed by atoms with E-state index in [1.54, 1.807) is 0 Å². The van der Waals surface area contributed by atoms with Crippen molar-refractivity contribution in [1.29, 1.82) is 0 Å². The van der Waals surface area contributed by atoms with E-state index >= 15 is 0 Å².